The predicted octanol–water partition coefficient (Wildman–Crippen LogP) is 11.5. The molecule has 3 fully saturated rings. The van der Waals surface area contributed by atoms with E-state index in [4.69, 9.17) is 4.74 Å². The third-order valence-electron chi connectivity index (χ3n) is 12.9. The van der Waals surface area contributed by atoms with Crippen molar-refractivity contribution in [3.63, 3.8) is 0 Å². The molecule has 2 aromatic rings. The molecule has 0 bridgehead atoms. The first-order chi connectivity index (χ1) is 21.4. The summed E-state index contributed by atoms with van der Waals surface area (Å²) >= 11 is 0. The Morgan fingerprint density at radius 3 is 2.34 bits per heavy atom. The van der Waals surface area contributed by atoms with Crippen LogP contribution in [0.15, 0.2) is 72.3 Å². The summed E-state index contributed by atoms with van der Waals surface area (Å²) in [6, 6.07) is 20.1. The van der Waals surface area contributed by atoms with Crippen molar-refractivity contribution in [1.29, 1.82) is 0 Å². The van der Waals surface area contributed by atoms with Gasteiger partial charge in [-0.2, -0.15) is 0 Å². The van der Waals surface area contributed by atoms with Gasteiger partial charge in [0, 0.05) is 6.42 Å². The number of allylic oxidation sites excluding steroid dienone is 1. The van der Waals surface area contributed by atoms with Gasteiger partial charge in [0.25, 0.3) is 0 Å². The first kappa shape index (κ1) is 31.4. The summed E-state index contributed by atoms with van der Waals surface area (Å²) in [5.74, 6) is 3.28. The van der Waals surface area contributed by atoms with Gasteiger partial charge in [-0.05, 0) is 103 Å². The number of carbonyl (C=O) groups is 1. The van der Waals surface area contributed by atoms with Gasteiger partial charge < -0.3 is 4.74 Å². The molecule has 2 nitrogen and oxygen atoms in total. The molecule has 0 saturated heterocycles. The lowest BCUT2D eigenvalue weighted by Crippen LogP contribution is -2.50. The fourth-order valence-corrected chi connectivity index (χ4v) is 10.3. The van der Waals surface area contributed by atoms with E-state index in [1.54, 1.807) is 5.57 Å². The van der Waals surface area contributed by atoms with Crippen LogP contribution in [0.3, 0.4) is 0 Å². The topological polar surface area (TPSA) is 26.3 Å². The summed E-state index contributed by atoms with van der Waals surface area (Å²) in [6.45, 7) is 7.57. The molecule has 0 radical (unpaired) electrons. The molecule has 0 aromatic heterocycles. The number of rotatable bonds is 11. The fraction of sp³-hybridized carbons (Fsp3) is 0.595. The monoisotopic (exact) mass is 592 g/mol. The van der Waals surface area contributed by atoms with E-state index in [2.05, 4.69) is 26.8 Å². The van der Waals surface area contributed by atoms with Crippen molar-refractivity contribution in [3.05, 3.63) is 83.4 Å². The maximum atomic E-state index is 13.7. The van der Waals surface area contributed by atoms with E-state index in [-0.39, 0.29) is 17.5 Å². The lowest BCUT2D eigenvalue weighted by Gasteiger charge is -2.58. The molecule has 6 rings (SSSR count). The molecule has 0 amide bonds. The van der Waals surface area contributed by atoms with Crippen molar-refractivity contribution in [2.45, 2.75) is 123 Å². The van der Waals surface area contributed by atoms with Gasteiger partial charge >= 0.3 is 5.97 Å². The summed E-state index contributed by atoms with van der Waals surface area (Å²) in [5.41, 5.74) is 4.99. The Bertz CT molecular complexity index is 1310. The van der Waals surface area contributed by atoms with E-state index >= 15 is 0 Å². The fourth-order valence-electron chi connectivity index (χ4n) is 10.3. The zero-order chi connectivity index (χ0) is 30.6. The summed E-state index contributed by atoms with van der Waals surface area (Å²) in [5, 5.41) is 0. The normalized spacial score (nSPS) is 33.1. The Balaban J connectivity index is 1.11. The van der Waals surface area contributed by atoms with E-state index in [1.807, 2.05) is 66.7 Å². The zero-order valence-electron chi connectivity index (χ0n) is 27.7. The molecule has 4 aliphatic rings. The van der Waals surface area contributed by atoms with Gasteiger partial charge in [0.1, 0.15) is 6.10 Å². The lowest BCUT2D eigenvalue weighted by molar-refractivity contribution is -0.144. The van der Waals surface area contributed by atoms with Crippen molar-refractivity contribution in [2.75, 3.05) is 0 Å². The van der Waals surface area contributed by atoms with Gasteiger partial charge in [-0.15, -0.1) is 0 Å². The average molecular weight is 593 g/mol. The van der Waals surface area contributed by atoms with E-state index in [9.17, 15) is 4.79 Å². The van der Waals surface area contributed by atoms with Crippen LogP contribution in [0.4, 0.5) is 0 Å². The van der Waals surface area contributed by atoms with Crippen LogP contribution >= 0.6 is 0 Å². The van der Waals surface area contributed by atoms with Crippen molar-refractivity contribution < 1.29 is 9.53 Å². The van der Waals surface area contributed by atoms with Gasteiger partial charge in [0.15, 0.2) is 0 Å². The molecule has 0 unspecified atom stereocenters. The number of ether oxygens (including phenoxy) is 1. The largest absolute Gasteiger partial charge is 0.458 e. The zero-order valence-corrected chi connectivity index (χ0v) is 27.7. The van der Waals surface area contributed by atoms with Gasteiger partial charge in [-0.25, -0.2) is 4.79 Å². The third-order valence-corrected chi connectivity index (χ3v) is 12.9. The quantitative estimate of drug-likeness (QED) is 0.0853. The van der Waals surface area contributed by atoms with E-state index in [0.717, 1.165) is 54.1 Å². The number of benzene rings is 2. The van der Waals surface area contributed by atoms with Crippen LogP contribution in [-0.2, 0) is 9.53 Å². The van der Waals surface area contributed by atoms with Gasteiger partial charge in [0.2, 0.25) is 0 Å². The highest BCUT2D eigenvalue weighted by Gasteiger charge is 2.58. The minimum Gasteiger partial charge on any atom is -0.458 e. The molecule has 7 atom stereocenters. The van der Waals surface area contributed by atoms with Crippen LogP contribution in [0.5, 0.6) is 0 Å². The molecule has 2 heteroatoms. The summed E-state index contributed by atoms with van der Waals surface area (Å²) < 4.78 is 6.33. The average Bonchev–Trinajstić information content (AvgIpc) is 3.38. The molecule has 4 aliphatic carbocycles. The molecule has 0 spiro atoms. The number of hydrogen-bond acceptors (Lipinski definition) is 2. The van der Waals surface area contributed by atoms with Crippen molar-refractivity contribution in [1.82, 2.24) is 0 Å². The lowest BCUT2D eigenvalue weighted by atomic mass is 9.47. The van der Waals surface area contributed by atoms with Crippen LogP contribution in [0.1, 0.15) is 128 Å². The number of carbonyl (C=O) groups excluding carboxylic acids is 1. The maximum Gasteiger partial charge on any atom is 0.339 e. The van der Waals surface area contributed by atoms with E-state index < -0.39 is 0 Å². The molecule has 44 heavy (non-hydrogen) atoms. The highest BCUT2D eigenvalue weighted by Crippen LogP contribution is 2.66. The maximum absolute atomic E-state index is 13.7. The second-order valence-electron chi connectivity index (χ2n) is 15.2. The Labute approximate surface area is 267 Å². The molecule has 0 heterocycles. The molecular formula is C42H56O2. The van der Waals surface area contributed by atoms with Crippen LogP contribution in [0, 0.1) is 34.5 Å². The van der Waals surface area contributed by atoms with Crippen LogP contribution in [-0.4, -0.2) is 12.1 Å². The molecule has 2 aromatic carbocycles. The molecule has 3 saturated carbocycles. The van der Waals surface area contributed by atoms with Crippen molar-refractivity contribution >= 4 is 17.6 Å². The molecular weight excluding hydrogens is 536 g/mol. The second-order valence-corrected chi connectivity index (χ2v) is 15.2. The molecule has 0 N–H and O–H groups in total. The Morgan fingerprint density at radius 1 is 0.841 bits per heavy atom. The highest BCUT2D eigenvalue weighted by molar-refractivity contribution is 6.21. The van der Waals surface area contributed by atoms with Gasteiger partial charge in [-0.1, -0.05) is 132 Å². The minimum atomic E-state index is -0.196. The molecule has 0 aliphatic heterocycles. The van der Waals surface area contributed by atoms with Gasteiger partial charge in [-0.3, -0.25) is 0 Å². The van der Waals surface area contributed by atoms with Crippen LogP contribution in [0.2, 0.25) is 0 Å². The molecule has 236 valence electrons. The number of hydrogen-bond donors (Lipinski definition) is 0. The highest BCUT2D eigenvalue weighted by atomic mass is 16.5. The van der Waals surface area contributed by atoms with Gasteiger partial charge in [0.05, 0.1) is 5.57 Å². The van der Waals surface area contributed by atoms with Crippen molar-refractivity contribution in [2.24, 2.45) is 34.5 Å². The smallest absolute Gasteiger partial charge is 0.339 e. The van der Waals surface area contributed by atoms with E-state index in [1.165, 1.54) is 77.0 Å². The first-order valence-corrected chi connectivity index (χ1v) is 18.1. The van der Waals surface area contributed by atoms with E-state index in [0.29, 0.717) is 11.0 Å². The Hall–Kier alpha value is -2.61. The van der Waals surface area contributed by atoms with Crippen LogP contribution < -0.4 is 0 Å². The Kier molecular flexibility index (Phi) is 9.84. The second kappa shape index (κ2) is 13.8. The third kappa shape index (κ3) is 6.38. The first-order valence-electron chi connectivity index (χ1n) is 18.1. The minimum absolute atomic E-state index is 0.0386. The summed E-state index contributed by atoms with van der Waals surface area (Å²) in [6.07, 6.45) is 24.5. The summed E-state index contributed by atoms with van der Waals surface area (Å²) in [7, 11) is 0. The standard InChI is InChI=1S/C42H56O2/c1-4-5-6-7-8-15-20-33-22-24-38-36-23-21-34-30-35(25-27-42(34,3)39(36)26-28-41(33,38)2)44-40(43)37(32-18-13-10-14-19-32)29-31-16-11-9-12-17-31/h9-14,16-19,21,29,33,35-36,38-39H,4-8,15,20,22-28,30H2,1-3H3/t33-,35+,36+,38-,39-,41-,42+/m1/s1. The summed E-state index contributed by atoms with van der Waals surface area (Å²) in [4.78, 5) is 13.7. The predicted molar refractivity (Wildman–Crippen MR) is 184 cm³/mol. The number of unbranched alkanes of at least 4 members (excludes halogenated alkanes) is 5. The SMILES string of the molecule is CCCCCCCC[C@@H]1CC[C@@H]2[C@@H]3CC=C4C[C@@H](OC(=O)C(=Cc5ccccc5)c5ccccc5)CC[C@]4(C)[C@@H]3CC[C@]12C. The Morgan fingerprint density at radius 2 is 1.57 bits per heavy atom. The van der Waals surface area contributed by atoms with Crippen molar-refractivity contribution in [3.8, 4) is 0 Å². The number of esters is 1. The van der Waals surface area contributed by atoms with Crippen LogP contribution in [0.25, 0.3) is 11.6 Å². The number of fused-ring (bicyclic) bond motifs is 5.